The van der Waals surface area contributed by atoms with Gasteiger partial charge < -0.3 is 0 Å². The summed E-state index contributed by atoms with van der Waals surface area (Å²) < 4.78 is 0. The number of rotatable bonds is 7. The van der Waals surface area contributed by atoms with E-state index in [-0.39, 0.29) is 0 Å². The normalized spacial score (nSPS) is 10.7. The molecule has 0 radical (unpaired) electrons. The summed E-state index contributed by atoms with van der Waals surface area (Å²) in [6.07, 6.45) is 3.17. The van der Waals surface area contributed by atoms with Crippen LogP contribution in [0.5, 0.6) is 0 Å². The number of thioether (sulfide) groups is 1. The average molecular weight is 188 g/mol. The van der Waals surface area contributed by atoms with E-state index in [0.29, 0.717) is 11.7 Å². The second kappa shape index (κ2) is 7.66. The van der Waals surface area contributed by atoms with Gasteiger partial charge in [-0.25, -0.2) is 0 Å². The van der Waals surface area contributed by atoms with Gasteiger partial charge in [-0.1, -0.05) is 20.8 Å². The Bertz CT molecular complexity index is 119. The van der Waals surface area contributed by atoms with Crippen molar-refractivity contribution < 1.29 is 4.79 Å². The van der Waals surface area contributed by atoms with E-state index in [9.17, 15) is 4.79 Å². The lowest BCUT2D eigenvalue weighted by Crippen LogP contribution is -2.15. The minimum atomic E-state index is 0.314. The molecular weight excluding hydrogens is 168 g/mol. The number of Topliss-reactive ketones (excluding diaryl/α,β-unsaturated/α-hetero) is 1. The Labute approximate surface area is 80.3 Å². The van der Waals surface area contributed by atoms with Crippen LogP contribution in [0.3, 0.4) is 0 Å². The fourth-order valence-corrected chi connectivity index (χ4v) is 2.05. The monoisotopic (exact) mass is 188 g/mol. The van der Waals surface area contributed by atoms with Gasteiger partial charge in [-0.05, 0) is 25.0 Å². The first kappa shape index (κ1) is 12.0. The van der Waals surface area contributed by atoms with Crippen LogP contribution in [0.2, 0.25) is 0 Å². The minimum Gasteiger partial charge on any atom is -0.298 e. The number of carbonyl (C=O) groups is 1. The van der Waals surface area contributed by atoms with Crippen molar-refractivity contribution >= 4 is 17.5 Å². The Kier molecular flexibility index (Phi) is 7.67. The Morgan fingerprint density at radius 1 is 1.25 bits per heavy atom. The molecule has 0 aliphatic heterocycles. The number of ketones is 1. The van der Waals surface area contributed by atoms with Crippen molar-refractivity contribution in [2.24, 2.45) is 5.92 Å². The molecule has 0 amide bonds. The molecule has 0 spiro atoms. The van der Waals surface area contributed by atoms with E-state index >= 15 is 0 Å². The molecule has 2 heteroatoms. The minimum absolute atomic E-state index is 0.314. The highest BCUT2D eigenvalue weighted by atomic mass is 32.2. The predicted octanol–water partition coefficient (Wildman–Crippen LogP) is 3.13. The van der Waals surface area contributed by atoms with E-state index in [4.69, 9.17) is 0 Å². The average Bonchev–Trinajstić information content (AvgIpc) is 2.07. The highest BCUT2D eigenvalue weighted by Gasteiger charge is 2.12. The smallest absolute Gasteiger partial charge is 0.145 e. The van der Waals surface area contributed by atoms with Crippen LogP contribution >= 0.6 is 11.8 Å². The van der Waals surface area contributed by atoms with Gasteiger partial charge in [0.25, 0.3) is 0 Å². The van der Waals surface area contributed by atoms with Crippen LogP contribution < -0.4 is 0 Å². The zero-order chi connectivity index (χ0) is 9.40. The van der Waals surface area contributed by atoms with Gasteiger partial charge in [0, 0.05) is 5.92 Å². The zero-order valence-electron chi connectivity index (χ0n) is 8.43. The van der Waals surface area contributed by atoms with E-state index in [1.54, 1.807) is 11.8 Å². The molecule has 72 valence electrons. The van der Waals surface area contributed by atoms with Gasteiger partial charge in [0.2, 0.25) is 0 Å². The molecular formula is C10H20OS. The maximum atomic E-state index is 11.5. The van der Waals surface area contributed by atoms with E-state index < -0.39 is 0 Å². The summed E-state index contributed by atoms with van der Waals surface area (Å²) >= 11 is 1.77. The van der Waals surface area contributed by atoms with Gasteiger partial charge in [0.1, 0.15) is 5.78 Å². The van der Waals surface area contributed by atoms with Crippen molar-refractivity contribution in [1.29, 1.82) is 0 Å². The van der Waals surface area contributed by atoms with Crippen molar-refractivity contribution in [2.45, 2.75) is 40.0 Å². The van der Waals surface area contributed by atoms with Crippen LogP contribution in [0.1, 0.15) is 40.0 Å². The largest absolute Gasteiger partial charge is 0.298 e. The summed E-state index contributed by atoms with van der Waals surface area (Å²) in [5.74, 6) is 2.60. The number of hydrogen-bond donors (Lipinski definition) is 0. The summed E-state index contributed by atoms with van der Waals surface area (Å²) in [5.41, 5.74) is 0. The van der Waals surface area contributed by atoms with Crippen molar-refractivity contribution in [3.63, 3.8) is 0 Å². The van der Waals surface area contributed by atoms with E-state index in [2.05, 4.69) is 20.8 Å². The summed E-state index contributed by atoms with van der Waals surface area (Å²) in [5, 5.41) is 0. The molecule has 12 heavy (non-hydrogen) atoms. The first-order valence-corrected chi connectivity index (χ1v) is 6.02. The fourth-order valence-electron chi connectivity index (χ4n) is 1.18. The molecule has 0 aliphatic rings. The van der Waals surface area contributed by atoms with Gasteiger partial charge >= 0.3 is 0 Å². The van der Waals surface area contributed by atoms with E-state index in [1.807, 2.05) is 0 Å². The van der Waals surface area contributed by atoms with Gasteiger partial charge in [-0.3, -0.25) is 4.79 Å². The fraction of sp³-hybridized carbons (Fsp3) is 0.900. The highest BCUT2D eigenvalue weighted by Crippen LogP contribution is 2.13. The molecule has 0 atom stereocenters. The van der Waals surface area contributed by atoms with Gasteiger partial charge in [0.15, 0.2) is 0 Å². The van der Waals surface area contributed by atoms with Crippen LogP contribution in [0.25, 0.3) is 0 Å². The lowest BCUT2D eigenvalue weighted by molar-refractivity contribution is -0.120. The van der Waals surface area contributed by atoms with Crippen molar-refractivity contribution in [2.75, 3.05) is 11.5 Å². The third kappa shape index (κ3) is 4.81. The van der Waals surface area contributed by atoms with Crippen LogP contribution in [0.15, 0.2) is 0 Å². The molecule has 0 bridgehead atoms. The lowest BCUT2D eigenvalue weighted by Gasteiger charge is -2.09. The maximum Gasteiger partial charge on any atom is 0.145 e. The molecule has 0 saturated carbocycles. The second-order valence-electron chi connectivity index (χ2n) is 3.03. The zero-order valence-corrected chi connectivity index (χ0v) is 9.25. The quantitative estimate of drug-likeness (QED) is 0.571. The van der Waals surface area contributed by atoms with E-state index in [1.165, 1.54) is 6.42 Å². The molecule has 1 nitrogen and oxygen atoms in total. The molecule has 0 heterocycles. The molecule has 0 aromatic heterocycles. The molecule has 0 rings (SSSR count). The Morgan fingerprint density at radius 2 is 1.83 bits per heavy atom. The maximum absolute atomic E-state index is 11.5. The van der Waals surface area contributed by atoms with Gasteiger partial charge in [0.05, 0.1) is 5.75 Å². The first-order chi connectivity index (χ1) is 5.76. The van der Waals surface area contributed by atoms with Crippen LogP contribution in [0.4, 0.5) is 0 Å². The summed E-state index contributed by atoms with van der Waals surface area (Å²) in [4.78, 5) is 11.5. The molecule has 0 aromatic carbocycles. The summed E-state index contributed by atoms with van der Waals surface area (Å²) in [6, 6.07) is 0. The Hall–Kier alpha value is 0.0200. The van der Waals surface area contributed by atoms with Crippen LogP contribution in [-0.4, -0.2) is 17.3 Å². The van der Waals surface area contributed by atoms with Gasteiger partial charge in [-0.15, -0.1) is 0 Å². The molecule has 0 aromatic rings. The van der Waals surface area contributed by atoms with Gasteiger partial charge in [-0.2, -0.15) is 11.8 Å². The highest BCUT2D eigenvalue weighted by molar-refractivity contribution is 7.99. The van der Waals surface area contributed by atoms with Crippen molar-refractivity contribution in [3.8, 4) is 0 Å². The lowest BCUT2D eigenvalue weighted by atomic mass is 10.00. The van der Waals surface area contributed by atoms with Crippen molar-refractivity contribution in [3.05, 3.63) is 0 Å². The molecule has 0 unspecified atom stereocenters. The van der Waals surface area contributed by atoms with Crippen LogP contribution in [-0.2, 0) is 4.79 Å². The Morgan fingerprint density at radius 3 is 2.25 bits per heavy atom. The summed E-state index contributed by atoms with van der Waals surface area (Å²) in [7, 11) is 0. The predicted molar refractivity (Wildman–Crippen MR) is 56.7 cm³/mol. The third-order valence-corrected chi connectivity index (χ3v) is 3.22. The molecule has 0 aliphatic carbocycles. The topological polar surface area (TPSA) is 17.1 Å². The Balaban J connectivity index is 3.54. The molecule has 0 saturated heterocycles. The molecule has 0 fully saturated rings. The van der Waals surface area contributed by atoms with E-state index in [0.717, 1.165) is 24.3 Å². The van der Waals surface area contributed by atoms with Crippen molar-refractivity contribution in [1.82, 2.24) is 0 Å². The first-order valence-electron chi connectivity index (χ1n) is 4.86. The second-order valence-corrected chi connectivity index (χ2v) is 4.14. The third-order valence-electron chi connectivity index (χ3n) is 2.03. The molecule has 0 N–H and O–H groups in total. The van der Waals surface area contributed by atoms with Crippen LogP contribution in [0, 0.1) is 5.92 Å². The number of carbonyl (C=O) groups excluding carboxylic acids is 1. The SMILES string of the molecule is CCCSCC(=O)C(CC)CC. The summed E-state index contributed by atoms with van der Waals surface area (Å²) in [6.45, 7) is 6.34. The number of hydrogen-bond acceptors (Lipinski definition) is 2. The standard InChI is InChI=1S/C10H20OS/c1-4-7-12-8-10(11)9(5-2)6-3/h9H,4-8H2,1-3H3.